The van der Waals surface area contributed by atoms with Crippen LogP contribution in [0.2, 0.25) is 0 Å². The third-order valence-electron chi connectivity index (χ3n) is 2.52. The van der Waals surface area contributed by atoms with Crippen LogP contribution in [0.15, 0.2) is 0 Å². The van der Waals surface area contributed by atoms with E-state index in [2.05, 4.69) is 33.7 Å². The number of H-pyrrole nitrogens is 2. The van der Waals surface area contributed by atoms with Crippen LogP contribution in [-0.2, 0) is 0 Å². The molecule has 0 aliphatic rings. The van der Waals surface area contributed by atoms with E-state index in [1.807, 2.05) is 0 Å². The molecular formula is C11H21N4NaS2. The molecule has 4 nitrogen and oxygen atoms in total. The molecule has 0 fully saturated rings. The van der Waals surface area contributed by atoms with E-state index >= 15 is 0 Å². The second-order valence-corrected chi connectivity index (χ2v) is 4.81. The molecule has 0 aliphatic carbocycles. The molecule has 98 valence electrons. The fourth-order valence-corrected chi connectivity index (χ4v) is 1.99. The summed E-state index contributed by atoms with van der Waals surface area (Å²) in [5.74, 6) is 0.792. The van der Waals surface area contributed by atoms with Crippen LogP contribution in [0.5, 0.6) is 0 Å². The zero-order valence-electron chi connectivity index (χ0n) is 12.5. The molecule has 1 aromatic heterocycles. The summed E-state index contributed by atoms with van der Waals surface area (Å²) in [6.45, 7) is 6.36. The van der Waals surface area contributed by atoms with Gasteiger partial charge in [0.1, 0.15) is 0 Å². The average Bonchev–Trinajstić information content (AvgIpc) is 2.28. The number of anilines is 1. The summed E-state index contributed by atoms with van der Waals surface area (Å²) in [6, 6.07) is 0. The topological polar surface area (TPSA) is 47.7 Å². The van der Waals surface area contributed by atoms with E-state index in [1.54, 1.807) is 0 Å². The van der Waals surface area contributed by atoms with Gasteiger partial charge in [0.15, 0.2) is 4.77 Å². The third kappa shape index (κ3) is 6.43. The van der Waals surface area contributed by atoms with Gasteiger partial charge in [-0.2, -0.15) is 4.98 Å². The van der Waals surface area contributed by atoms with Gasteiger partial charge in [-0.3, -0.25) is 0 Å². The molecule has 0 radical (unpaired) electrons. The maximum absolute atomic E-state index is 5.09. The summed E-state index contributed by atoms with van der Waals surface area (Å²) in [6.07, 6.45) is 4.64. The van der Waals surface area contributed by atoms with Crippen molar-refractivity contribution >= 4 is 30.4 Å². The number of nitrogens with zero attached hydrogens (tertiary/aromatic N) is 2. The van der Waals surface area contributed by atoms with Crippen LogP contribution in [0.1, 0.15) is 41.0 Å². The summed E-state index contributed by atoms with van der Waals surface area (Å²) in [5.41, 5.74) is 0. The predicted molar refractivity (Wildman–Crippen MR) is 77.7 cm³/mol. The number of aromatic amines is 2. The quantitative estimate of drug-likeness (QED) is 0.575. The molecule has 0 spiro atoms. The minimum absolute atomic E-state index is 0. The Morgan fingerprint density at radius 3 is 2.11 bits per heavy atom. The van der Waals surface area contributed by atoms with E-state index in [4.69, 9.17) is 24.4 Å². The number of nitrogens with one attached hydrogen (secondary N) is 2. The van der Waals surface area contributed by atoms with Gasteiger partial charge in [-0.1, -0.05) is 26.7 Å². The Morgan fingerprint density at radius 1 is 1.11 bits per heavy atom. The zero-order chi connectivity index (χ0) is 12.7. The first-order chi connectivity index (χ1) is 8.17. The van der Waals surface area contributed by atoms with Crippen LogP contribution < -0.4 is 34.5 Å². The van der Waals surface area contributed by atoms with Crippen molar-refractivity contribution in [2.45, 2.75) is 39.5 Å². The van der Waals surface area contributed by atoms with Crippen LogP contribution in [-0.4, -0.2) is 28.0 Å². The van der Waals surface area contributed by atoms with Crippen molar-refractivity contribution in [2.75, 3.05) is 18.0 Å². The van der Waals surface area contributed by atoms with Gasteiger partial charge in [0, 0.05) is 13.1 Å². The first kappa shape index (κ1) is 18.2. The monoisotopic (exact) mass is 296 g/mol. The summed E-state index contributed by atoms with van der Waals surface area (Å²) < 4.78 is 0.986. The molecule has 1 heterocycles. The SMILES string of the molecule is CCCCN(CCCC)c1nc(=S)[nH]c(=S)[nH]1.[H-].[Na+]. The normalized spacial score (nSPS) is 9.89. The van der Waals surface area contributed by atoms with Gasteiger partial charge < -0.3 is 16.3 Å². The standard InChI is InChI=1S/C11H20N4S2.Na.H/c1-3-5-7-15(8-6-4-2)9-12-10(16)14-11(17)13-9;;/h3-8H2,1-2H3,(H2,12,13,14,16,17);;/q;+1;-1. The Hall–Kier alpha value is 0.250. The molecule has 0 aliphatic heterocycles. The number of hydrogen-bond acceptors (Lipinski definition) is 4. The largest absolute Gasteiger partial charge is 1.00 e. The summed E-state index contributed by atoms with van der Waals surface area (Å²) in [5, 5.41) is 0. The molecule has 1 rings (SSSR count). The van der Waals surface area contributed by atoms with Crippen molar-refractivity contribution in [3.05, 3.63) is 9.54 Å². The second kappa shape index (κ2) is 10.1. The first-order valence-corrected chi connectivity index (χ1v) is 6.94. The van der Waals surface area contributed by atoms with E-state index in [0.717, 1.165) is 31.9 Å². The molecule has 2 N–H and O–H groups in total. The van der Waals surface area contributed by atoms with E-state index in [1.165, 1.54) is 12.8 Å². The molecule has 0 saturated carbocycles. The maximum atomic E-state index is 5.09. The fourth-order valence-electron chi connectivity index (χ4n) is 1.55. The van der Waals surface area contributed by atoms with Crippen molar-refractivity contribution in [1.29, 1.82) is 0 Å². The van der Waals surface area contributed by atoms with Crippen LogP contribution in [0.25, 0.3) is 0 Å². The number of hydrogen-bond donors (Lipinski definition) is 2. The smallest absolute Gasteiger partial charge is 1.00 e. The van der Waals surface area contributed by atoms with Gasteiger partial charge in [0.2, 0.25) is 10.7 Å². The second-order valence-electron chi connectivity index (χ2n) is 4.01. The Bertz CT molecular complexity index is 413. The first-order valence-electron chi connectivity index (χ1n) is 6.13. The summed E-state index contributed by atoms with van der Waals surface area (Å²) >= 11 is 10.1. The maximum Gasteiger partial charge on any atom is 1.00 e. The molecule has 0 atom stereocenters. The number of aromatic nitrogens is 3. The van der Waals surface area contributed by atoms with Crippen molar-refractivity contribution in [1.82, 2.24) is 15.0 Å². The summed E-state index contributed by atoms with van der Waals surface area (Å²) in [7, 11) is 0. The Labute approximate surface area is 142 Å². The minimum atomic E-state index is 0. The Morgan fingerprint density at radius 2 is 1.67 bits per heavy atom. The van der Waals surface area contributed by atoms with Gasteiger partial charge in [-0.25, -0.2) is 0 Å². The van der Waals surface area contributed by atoms with E-state index in [0.29, 0.717) is 9.54 Å². The third-order valence-corrected chi connectivity index (χ3v) is 2.91. The minimum Gasteiger partial charge on any atom is -1.00 e. The molecular weight excluding hydrogens is 275 g/mol. The molecule has 0 saturated heterocycles. The van der Waals surface area contributed by atoms with E-state index in [9.17, 15) is 0 Å². The van der Waals surface area contributed by atoms with Crippen molar-refractivity contribution in [2.24, 2.45) is 0 Å². The molecule has 0 bridgehead atoms. The van der Waals surface area contributed by atoms with E-state index < -0.39 is 0 Å². The Balaban J connectivity index is 0. The molecule has 1 aromatic rings. The van der Waals surface area contributed by atoms with E-state index in [-0.39, 0.29) is 31.0 Å². The number of unbranched alkanes of at least 4 members (excludes halogenated alkanes) is 2. The van der Waals surface area contributed by atoms with Crippen LogP contribution in [0, 0.1) is 9.54 Å². The number of rotatable bonds is 7. The van der Waals surface area contributed by atoms with Gasteiger partial charge in [-0.15, -0.1) is 0 Å². The molecule has 0 unspecified atom stereocenters. The molecule has 7 heteroatoms. The average molecular weight is 296 g/mol. The molecule has 18 heavy (non-hydrogen) atoms. The van der Waals surface area contributed by atoms with Crippen LogP contribution in [0.3, 0.4) is 0 Å². The van der Waals surface area contributed by atoms with Gasteiger partial charge >= 0.3 is 29.6 Å². The molecule has 0 aromatic carbocycles. The Kier molecular flexibility index (Phi) is 10.2. The predicted octanol–water partition coefficient (Wildman–Crippen LogP) is 0.720. The van der Waals surface area contributed by atoms with Crippen molar-refractivity contribution < 1.29 is 31.0 Å². The van der Waals surface area contributed by atoms with Crippen LogP contribution >= 0.6 is 24.4 Å². The van der Waals surface area contributed by atoms with Gasteiger partial charge in [0.25, 0.3) is 0 Å². The van der Waals surface area contributed by atoms with Crippen molar-refractivity contribution in [3.8, 4) is 0 Å². The zero-order valence-corrected chi connectivity index (χ0v) is 15.1. The molecule has 0 amide bonds. The van der Waals surface area contributed by atoms with Gasteiger partial charge in [-0.05, 0) is 37.3 Å². The summed E-state index contributed by atoms with van der Waals surface area (Å²) in [4.78, 5) is 12.4. The van der Waals surface area contributed by atoms with Crippen molar-refractivity contribution in [3.63, 3.8) is 0 Å². The van der Waals surface area contributed by atoms with Crippen LogP contribution in [0.4, 0.5) is 5.95 Å². The fraction of sp³-hybridized carbons (Fsp3) is 0.727. The van der Waals surface area contributed by atoms with Gasteiger partial charge in [0.05, 0.1) is 0 Å².